The minimum Gasteiger partial charge on any atom is -0.444 e. The number of amides is 3. The van der Waals surface area contributed by atoms with Crippen molar-refractivity contribution >= 4 is 33.8 Å². The van der Waals surface area contributed by atoms with Crippen LogP contribution in [0.5, 0.6) is 0 Å². The van der Waals surface area contributed by atoms with Gasteiger partial charge in [0.25, 0.3) is 5.91 Å². The van der Waals surface area contributed by atoms with E-state index in [0.717, 1.165) is 17.0 Å². The first-order valence-electron chi connectivity index (χ1n) is 13.9. The number of rotatable bonds is 7. The molecule has 0 spiro atoms. The van der Waals surface area contributed by atoms with Crippen molar-refractivity contribution in [2.75, 3.05) is 44.7 Å². The van der Waals surface area contributed by atoms with Crippen molar-refractivity contribution in [2.45, 2.75) is 55.9 Å². The molecule has 0 radical (unpaired) electrons. The summed E-state index contributed by atoms with van der Waals surface area (Å²) < 4.78 is 78.4. The fourth-order valence-electron chi connectivity index (χ4n) is 5.05. The Morgan fingerprint density at radius 1 is 1.00 bits per heavy atom. The van der Waals surface area contributed by atoms with Crippen LogP contribution in [-0.4, -0.2) is 90.3 Å². The molecule has 0 saturated carbocycles. The van der Waals surface area contributed by atoms with Crippen LogP contribution in [0.25, 0.3) is 0 Å². The fraction of sp³-hybridized carbons (Fsp3) is 0.500. The van der Waals surface area contributed by atoms with E-state index >= 15 is 0 Å². The van der Waals surface area contributed by atoms with Crippen molar-refractivity contribution in [1.29, 1.82) is 0 Å². The monoisotopic (exact) mass is 649 g/mol. The van der Waals surface area contributed by atoms with Gasteiger partial charge in [0.05, 0.1) is 12.1 Å². The van der Waals surface area contributed by atoms with Crippen LogP contribution < -0.4 is 10.2 Å². The van der Waals surface area contributed by atoms with E-state index in [2.05, 4.69) is 10.3 Å². The first-order chi connectivity index (χ1) is 20.3. The van der Waals surface area contributed by atoms with Gasteiger partial charge in [-0.15, -0.1) is 0 Å². The smallest absolute Gasteiger partial charge is 0.410 e. The molecule has 0 bridgehead atoms. The number of piperazine rings is 1. The van der Waals surface area contributed by atoms with Gasteiger partial charge in [0.15, 0.2) is 0 Å². The normalized spacial score (nSPS) is 21.7. The van der Waals surface area contributed by atoms with Crippen molar-refractivity contribution in [3.8, 4) is 0 Å². The zero-order valence-corrected chi connectivity index (χ0v) is 25.5. The first kappa shape index (κ1) is 33.4. The number of halogens is 5. The maximum absolute atomic E-state index is 14.2. The zero-order chi connectivity index (χ0) is 32.6. The van der Waals surface area contributed by atoms with Gasteiger partial charge < -0.3 is 24.6 Å². The van der Waals surface area contributed by atoms with E-state index in [0.29, 0.717) is 6.54 Å². The molecule has 1 N–H and O–H groups in total. The van der Waals surface area contributed by atoms with Crippen LogP contribution in [0, 0.1) is 0 Å². The molecule has 2 aliphatic heterocycles. The molecule has 10 nitrogen and oxygen atoms in total. The zero-order valence-electron chi connectivity index (χ0n) is 24.7. The van der Waals surface area contributed by atoms with Gasteiger partial charge >= 0.3 is 16.3 Å². The predicted octanol–water partition coefficient (Wildman–Crippen LogP) is 5.27. The molecule has 0 aliphatic carbocycles. The second-order valence-corrected chi connectivity index (χ2v) is 14.1. The van der Waals surface area contributed by atoms with Crippen LogP contribution in [0.4, 0.5) is 29.9 Å². The molecule has 1 aromatic carbocycles. The lowest BCUT2D eigenvalue weighted by Crippen LogP contribution is -2.56. The number of anilines is 1. The van der Waals surface area contributed by atoms with Crippen molar-refractivity contribution in [3.05, 3.63) is 54.4 Å². The summed E-state index contributed by atoms with van der Waals surface area (Å²) in [6, 6.07) is 2.70. The molecule has 244 valence electrons. The Kier molecular flexibility index (Phi) is 8.69. The van der Waals surface area contributed by atoms with Crippen LogP contribution in [0.3, 0.4) is 0 Å². The van der Waals surface area contributed by atoms with Crippen molar-refractivity contribution in [3.63, 3.8) is 0 Å². The number of hydrogen-bond donors (Lipinski definition) is 1. The average Bonchev–Trinajstić information content (AvgIpc) is 3.43. The Labute approximate surface area is 252 Å². The molecule has 2 saturated heterocycles. The Bertz CT molecular complexity index is 1370. The van der Waals surface area contributed by atoms with Crippen LogP contribution in [0.15, 0.2) is 53.7 Å². The minimum atomic E-state index is -10.0. The summed E-state index contributed by atoms with van der Waals surface area (Å²) in [6.45, 7) is 5.91. The summed E-state index contributed by atoms with van der Waals surface area (Å²) in [4.78, 5) is 46.7. The maximum atomic E-state index is 14.2. The van der Waals surface area contributed by atoms with Gasteiger partial charge in [-0.3, -0.25) is 19.5 Å². The Morgan fingerprint density at radius 2 is 1.61 bits per heavy atom. The number of pyridine rings is 1. The lowest BCUT2D eigenvalue weighted by Gasteiger charge is -2.41. The van der Waals surface area contributed by atoms with E-state index in [4.69, 9.17) is 9.47 Å². The van der Waals surface area contributed by atoms with Crippen molar-refractivity contribution < 1.29 is 43.3 Å². The summed E-state index contributed by atoms with van der Waals surface area (Å²) in [5.74, 6) is -1.26. The highest BCUT2D eigenvalue weighted by molar-refractivity contribution is 8.45. The lowest BCUT2D eigenvalue weighted by atomic mass is 10.0. The van der Waals surface area contributed by atoms with Gasteiger partial charge in [0.1, 0.15) is 16.5 Å². The van der Waals surface area contributed by atoms with Crippen molar-refractivity contribution in [1.82, 2.24) is 20.1 Å². The number of nitrogens with one attached hydrogen (secondary N) is 1. The number of methoxy groups -OCH3 is 1. The quantitative estimate of drug-likeness (QED) is 0.408. The van der Waals surface area contributed by atoms with Crippen LogP contribution in [0.1, 0.15) is 38.8 Å². The van der Waals surface area contributed by atoms with Gasteiger partial charge in [0, 0.05) is 63.5 Å². The van der Waals surface area contributed by atoms with E-state index in [1.807, 2.05) is 0 Å². The van der Waals surface area contributed by atoms with E-state index < -0.39 is 50.7 Å². The highest BCUT2D eigenvalue weighted by atomic mass is 32.5. The van der Waals surface area contributed by atoms with Crippen LogP contribution in [-0.2, 0) is 19.1 Å². The van der Waals surface area contributed by atoms with Gasteiger partial charge in [-0.05, 0) is 57.5 Å². The minimum absolute atomic E-state index is 0.0768. The number of nitrogens with zero attached hydrogens (tertiary/aromatic N) is 4. The highest BCUT2D eigenvalue weighted by Crippen LogP contribution is 3.02. The Hall–Kier alpha value is -3.50. The molecule has 1 aromatic heterocycles. The summed E-state index contributed by atoms with van der Waals surface area (Å²) >= 11 is 0. The number of ether oxygens (including phenoxy) is 2. The summed E-state index contributed by atoms with van der Waals surface area (Å²) in [5.41, 5.74) is -0.670. The molecule has 44 heavy (non-hydrogen) atoms. The van der Waals surface area contributed by atoms with Crippen LogP contribution in [0.2, 0.25) is 0 Å². The molecule has 2 aromatic rings. The molecular formula is C28H36F5N5O5S. The maximum Gasteiger partial charge on any atom is 0.410 e. The van der Waals surface area contributed by atoms with E-state index in [-0.39, 0.29) is 62.1 Å². The average molecular weight is 650 g/mol. The van der Waals surface area contributed by atoms with Gasteiger partial charge in [-0.1, -0.05) is 25.5 Å². The number of carbonyl (C=O) groups is 3. The van der Waals surface area contributed by atoms with Gasteiger partial charge in [0.2, 0.25) is 5.91 Å². The third kappa shape index (κ3) is 7.95. The van der Waals surface area contributed by atoms with E-state index in [9.17, 15) is 33.8 Å². The second-order valence-electron chi connectivity index (χ2n) is 11.7. The highest BCUT2D eigenvalue weighted by Gasteiger charge is 2.65. The molecule has 2 aliphatic rings. The van der Waals surface area contributed by atoms with Gasteiger partial charge in [-0.2, -0.15) is 0 Å². The molecule has 3 amide bonds. The fourth-order valence-corrected chi connectivity index (χ4v) is 5.71. The number of hydrogen-bond acceptors (Lipinski definition) is 7. The Balaban J connectivity index is 1.72. The lowest BCUT2D eigenvalue weighted by molar-refractivity contribution is -0.136. The molecule has 1 unspecified atom stereocenters. The number of carbonyl (C=O) groups excluding carboxylic acids is 3. The molecule has 2 fully saturated rings. The topological polar surface area (TPSA) is 104 Å². The summed E-state index contributed by atoms with van der Waals surface area (Å²) in [5, 5.41) is 3.01. The summed E-state index contributed by atoms with van der Waals surface area (Å²) in [6.07, 6.45) is 2.12. The second kappa shape index (κ2) is 11.5. The third-order valence-corrected chi connectivity index (χ3v) is 8.42. The molecule has 3 heterocycles. The molecular weight excluding hydrogens is 613 g/mol. The first-order valence-corrected chi connectivity index (χ1v) is 15.8. The third-order valence-electron chi connectivity index (χ3n) is 7.26. The molecule has 4 rings (SSSR count). The Morgan fingerprint density at radius 3 is 2.11 bits per heavy atom. The van der Waals surface area contributed by atoms with Crippen LogP contribution >= 0.6 is 10.2 Å². The van der Waals surface area contributed by atoms with E-state index in [1.165, 1.54) is 41.4 Å². The largest absolute Gasteiger partial charge is 0.444 e. The number of benzene rings is 1. The predicted molar refractivity (Wildman–Crippen MR) is 154 cm³/mol. The van der Waals surface area contributed by atoms with Gasteiger partial charge in [-0.25, -0.2) is 4.79 Å². The van der Waals surface area contributed by atoms with E-state index in [1.54, 1.807) is 20.8 Å². The number of aromatic nitrogens is 1. The molecule has 16 heteroatoms. The standard InChI is InChI=1S/C28H36F5N5O5S/c1-28(2,3)43-27(41)37-14-12-36(13-15-37)26(40)24(19-6-5-11-34-17-19)38(25(39)23-16-21(42-4)18-35-23)20-7-9-22(10-8-20)44(29,30,31,32)33/h5-11,17,21,23-24,35H,12-16,18H2,1-4H3/t21-,23-,24?/m1/s1. The SMILES string of the molecule is CO[C@H]1CN[C@@H](C(=O)N(c2ccc(S(F)(F)(F)(F)F)cc2)C(C(=O)N2CCN(C(=O)OC(C)(C)C)CC2)c2cccnc2)C1. The van der Waals surface area contributed by atoms with Crippen molar-refractivity contribution in [2.24, 2.45) is 0 Å². The molecule has 3 atom stereocenters. The summed E-state index contributed by atoms with van der Waals surface area (Å²) in [7, 11) is -8.54.